The first kappa shape index (κ1) is 32.2. The second-order valence-electron chi connectivity index (χ2n) is 5.55. The summed E-state index contributed by atoms with van der Waals surface area (Å²) in [5, 5.41) is 50.3. The minimum Gasteiger partial charge on any atom is -0.478 e. The van der Waals surface area contributed by atoms with Gasteiger partial charge in [0.1, 0.15) is 5.60 Å². The van der Waals surface area contributed by atoms with E-state index >= 15 is 0 Å². The molecule has 0 aliphatic rings. The number of hydrogen-bond donors (Lipinski definition) is 6. The van der Waals surface area contributed by atoms with Gasteiger partial charge in [0.25, 0.3) is 0 Å². The Kier molecular flexibility index (Phi) is 20.2. The second kappa shape index (κ2) is 17.0. The molecule has 0 aliphatic carbocycles. The first-order valence-corrected chi connectivity index (χ1v) is 7.67. The minimum atomic E-state index is -1.31. The quantitative estimate of drug-likeness (QED) is 0.366. The summed E-state index contributed by atoms with van der Waals surface area (Å²) in [6.07, 6.45) is -0.506. The van der Waals surface area contributed by atoms with Crippen molar-refractivity contribution in [1.82, 2.24) is 0 Å². The summed E-state index contributed by atoms with van der Waals surface area (Å²) in [6.45, 7) is 16.6. The van der Waals surface area contributed by atoms with Gasteiger partial charge < -0.3 is 30.6 Å². The molecule has 0 spiro atoms. The molecule has 0 aromatic carbocycles. The highest BCUT2D eigenvalue weighted by molar-refractivity contribution is 5.85. The van der Waals surface area contributed by atoms with Crippen molar-refractivity contribution in [2.45, 2.75) is 52.7 Å². The van der Waals surface area contributed by atoms with Gasteiger partial charge in [-0.05, 0) is 34.1 Å². The molecule has 0 radical (unpaired) electrons. The van der Waals surface area contributed by atoms with Crippen LogP contribution in [0.3, 0.4) is 0 Å². The van der Waals surface area contributed by atoms with Crippen LogP contribution in [0.5, 0.6) is 0 Å². The molecule has 0 heterocycles. The summed E-state index contributed by atoms with van der Waals surface area (Å²) in [5.74, 6) is -2.81. The van der Waals surface area contributed by atoms with Gasteiger partial charge in [0.2, 0.25) is 0 Å². The fourth-order valence-electron chi connectivity index (χ4n) is 0.539. The van der Waals surface area contributed by atoms with E-state index < -0.39 is 29.6 Å². The average Bonchev–Trinajstić information content (AvgIpc) is 2.55. The predicted molar refractivity (Wildman–Crippen MR) is 101 cm³/mol. The molecule has 0 saturated heterocycles. The van der Waals surface area contributed by atoms with Crippen molar-refractivity contribution >= 4 is 17.9 Å². The number of carboxylic acids is 3. The van der Waals surface area contributed by atoms with E-state index in [1.165, 1.54) is 27.7 Å². The van der Waals surface area contributed by atoms with E-state index in [-0.39, 0.29) is 23.3 Å². The standard InChI is InChI=1S/C6H14O3.3C4H6O2/c1-3-6(9,4-7)5(2)8;3*1-3(2)4(5)6/h5,7-9H,3-4H2,1-2H3;3*1H2,2H3,(H,5,6). The molecule has 9 nitrogen and oxygen atoms in total. The maximum Gasteiger partial charge on any atom is 0.330 e. The van der Waals surface area contributed by atoms with Gasteiger partial charge in [-0.3, -0.25) is 0 Å². The number of carboxylic acid groups (broad SMARTS) is 3. The van der Waals surface area contributed by atoms with Crippen LogP contribution in [0.4, 0.5) is 0 Å². The van der Waals surface area contributed by atoms with Crippen LogP contribution < -0.4 is 0 Å². The van der Waals surface area contributed by atoms with Crippen LogP contribution in [0, 0.1) is 0 Å². The van der Waals surface area contributed by atoms with Crippen molar-refractivity contribution in [2.75, 3.05) is 6.61 Å². The van der Waals surface area contributed by atoms with Crippen molar-refractivity contribution in [1.29, 1.82) is 0 Å². The summed E-state index contributed by atoms with van der Waals surface area (Å²) >= 11 is 0. The Morgan fingerprint density at radius 3 is 1.04 bits per heavy atom. The van der Waals surface area contributed by atoms with Crippen molar-refractivity contribution in [2.24, 2.45) is 0 Å². The van der Waals surface area contributed by atoms with Gasteiger partial charge in [0.05, 0.1) is 12.7 Å². The van der Waals surface area contributed by atoms with Crippen LogP contribution in [0.15, 0.2) is 36.5 Å². The topological polar surface area (TPSA) is 173 Å². The third-order valence-electron chi connectivity index (χ3n) is 2.76. The second-order valence-corrected chi connectivity index (χ2v) is 5.55. The van der Waals surface area contributed by atoms with E-state index in [1.807, 2.05) is 0 Å². The molecule has 6 N–H and O–H groups in total. The van der Waals surface area contributed by atoms with Crippen molar-refractivity contribution in [3.63, 3.8) is 0 Å². The summed E-state index contributed by atoms with van der Waals surface area (Å²) in [5.41, 5.74) is -0.778. The van der Waals surface area contributed by atoms with Crippen molar-refractivity contribution in [3.05, 3.63) is 36.5 Å². The van der Waals surface area contributed by atoms with E-state index in [9.17, 15) is 19.5 Å². The highest BCUT2D eigenvalue weighted by atomic mass is 16.4. The first-order chi connectivity index (χ1) is 12.0. The maximum atomic E-state index is 9.60. The van der Waals surface area contributed by atoms with E-state index in [2.05, 4.69) is 19.7 Å². The lowest BCUT2D eigenvalue weighted by Gasteiger charge is -2.26. The Labute approximate surface area is 159 Å². The molecule has 0 aromatic rings. The monoisotopic (exact) mass is 392 g/mol. The first-order valence-electron chi connectivity index (χ1n) is 7.67. The van der Waals surface area contributed by atoms with E-state index in [1.54, 1.807) is 6.92 Å². The third-order valence-corrected chi connectivity index (χ3v) is 2.76. The van der Waals surface area contributed by atoms with Crippen LogP contribution in [0.1, 0.15) is 41.0 Å². The van der Waals surface area contributed by atoms with Crippen LogP contribution in [-0.2, 0) is 14.4 Å². The Morgan fingerprint density at radius 1 is 0.852 bits per heavy atom. The number of aliphatic carboxylic acids is 3. The molecule has 2 unspecified atom stereocenters. The van der Waals surface area contributed by atoms with Crippen molar-refractivity contribution in [3.8, 4) is 0 Å². The molecule has 0 amide bonds. The van der Waals surface area contributed by atoms with Gasteiger partial charge in [-0.25, -0.2) is 14.4 Å². The lowest BCUT2D eigenvalue weighted by Crippen LogP contribution is -2.43. The molecule has 0 fully saturated rings. The molecule has 0 bridgehead atoms. The van der Waals surface area contributed by atoms with E-state index in [0.29, 0.717) is 6.42 Å². The smallest absolute Gasteiger partial charge is 0.330 e. The number of aliphatic hydroxyl groups excluding tert-OH is 2. The van der Waals surface area contributed by atoms with Crippen LogP contribution in [0.2, 0.25) is 0 Å². The molecule has 0 saturated carbocycles. The Balaban J connectivity index is -0.000000133. The van der Waals surface area contributed by atoms with Gasteiger partial charge in [-0.2, -0.15) is 0 Å². The molecule has 0 aliphatic heterocycles. The third kappa shape index (κ3) is 23.5. The van der Waals surface area contributed by atoms with E-state index in [4.69, 9.17) is 25.5 Å². The summed E-state index contributed by atoms with van der Waals surface area (Å²) in [7, 11) is 0. The van der Waals surface area contributed by atoms with Gasteiger partial charge >= 0.3 is 17.9 Å². The van der Waals surface area contributed by atoms with E-state index in [0.717, 1.165) is 0 Å². The fraction of sp³-hybridized carbons (Fsp3) is 0.500. The van der Waals surface area contributed by atoms with Crippen LogP contribution >= 0.6 is 0 Å². The van der Waals surface area contributed by atoms with Crippen molar-refractivity contribution < 1.29 is 45.0 Å². The van der Waals surface area contributed by atoms with Gasteiger partial charge in [0, 0.05) is 16.7 Å². The van der Waals surface area contributed by atoms with Gasteiger partial charge in [-0.15, -0.1) is 0 Å². The fourth-order valence-corrected chi connectivity index (χ4v) is 0.539. The number of rotatable bonds is 6. The molecule has 2 atom stereocenters. The Morgan fingerprint density at radius 2 is 1.04 bits per heavy atom. The Bertz CT molecular complexity index is 422. The SMILES string of the molecule is C=C(C)C(=O)O.C=C(C)C(=O)O.C=C(C)C(=O)O.CCC(O)(CO)C(C)O. The average molecular weight is 392 g/mol. The minimum absolute atomic E-state index is 0.176. The van der Waals surface area contributed by atoms with Gasteiger partial charge in [-0.1, -0.05) is 26.7 Å². The Hall–Kier alpha value is -2.49. The molecule has 0 rings (SSSR count). The van der Waals surface area contributed by atoms with Crippen LogP contribution in [0.25, 0.3) is 0 Å². The number of carbonyl (C=O) groups is 3. The zero-order valence-electron chi connectivity index (χ0n) is 16.5. The van der Waals surface area contributed by atoms with Gasteiger partial charge in [0.15, 0.2) is 0 Å². The highest BCUT2D eigenvalue weighted by Gasteiger charge is 2.29. The molecule has 27 heavy (non-hydrogen) atoms. The molecule has 0 aromatic heterocycles. The molecule has 158 valence electrons. The molecular formula is C18H32O9. The summed E-state index contributed by atoms with van der Waals surface area (Å²) < 4.78 is 0. The normalized spacial score (nSPS) is 12.0. The maximum absolute atomic E-state index is 9.60. The largest absolute Gasteiger partial charge is 0.478 e. The number of hydrogen-bond acceptors (Lipinski definition) is 6. The van der Waals surface area contributed by atoms with Crippen LogP contribution in [-0.4, -0.2) is 66.9 Å². The predicted octanol–water partition coefficient (Wildman–Crippen LogP) is 1.44. The zero-order chi connectivity index (χ0) is 23.0. The number of aliphatic hydroxyl groups is 3. The lowest BCUT2D eigenvalue weighted by molar-refractivity contribution is -0.133. The lowest BCUT2D eigenvalue weighted by atomic mass is 9.96. The highest BCUT2D eigenvalue weighted by Crippen LogP contribution is 2.13. The zero-order valence-corrected chi connectivity index (χ0v) is 16.5. The molecular weight excluding hydrogens is 360 g/mol. The summed E-state index contributed by atoms with van der Waals surface area (Å²) in [6, 6.07) is 0. The molecule has 9 heteroatoms. The summed E-state index contributed by atoms with van der Waals surface area (Å²) in [4.78, 5) is 28.8.